The van der Waals surface area contributed by atoms with Crippen molar-refractivity contribution in [2.75, 3.05) is 0 Å². The van der Waals surface area contributed by atoms with Crippen molar-refractivity contribution in [1.82, 2.24) is 20.3 Å². The first-order valence-corrected chi connectivity index (χ1v) is 7.34. The SMILES string of the molecule is NC(=O)[C@@H](Cc1cnc2ccccc2n1)NC(=O)c1cccnc1. The molecule has 7 nitrogen and oxygen atoms in total. The number of para-hydroxylation sites is 2. The van der Waals surface area contributed by atoms with Gasteiger partial charge in [-0.25, -0.2) is 4.98 Å². The van der Waals surface area contributed by atoms with E-state index in [0.717, 1.165) is 11.0 Å². The molecule has 0 bridgehead atoms. The molecule has 0 spiro atoms. The molecule has 0 aliphatic rings. The first-order valence-electron chi connectivity index (χ1n) is 7.34. The highest BCUT2D eigenvalue weighted by Crippen LogP contribution is 2.10. The van der Waals surface area contributed by atoms with E-state index in [-0.39, 0.29) is 6.42 Å². The molecule has 7 heteroatoms. The summed E-state index contributed by atoms with van der Waals surface area (Å²) in [5, 5.41) is 2.61. The van der Waals surface area contributed by atoms with Gasteiger partial charge in [0.25, 0.3) is 5.91 Å². The average molecular weight is 321 g/mol. The average Bonchev–Trinajstić information content (AvgIpc) is 2.61. The topological polar surface area (TPSA) is 111 Å². The fraction of sp³-hybridized carbons (Fsp3) is 0.118. The number of hydrogen-bond donors (Lipinski definition) is 2. The Hall–Kier alpha value is -3.35. The Morgan fingerprint density at radius 2 is 1.88 bits per heavy atom. The van der Waals surface area contributed by atoms with E-state index < -0.39 is 17.9 Å². The molecule has 3 N–H and O–H groups in total. The minimum absolute atomic E-state index is 0.166. The largest absolute Gasteiger partial charge is 0.368 e. The first kappa shape index (κ1) is 15.5. The molecular formula is C17H15N5O2. The smallest absolute Gasteiger partial charge is 0.253 e. The fourth-order valence-electron chi connectivity index (χ4n) is 2.26. The highest BCUT2D eigenvalue weighted by atomic mass is 16.2. The van der Waals surface area contributed by atoms with Gasteiger partial charge in [0.1, 0.15) is 6.04 Å². The standard InChI is InChI=1S/C17H15N5O2/c18-16(23)15(22-17(24)11-4-3-7-19-9-11)8-12-10-20-13-5-1-2-6-14(13)21-12/h1-7,9-10,15H,8H2,(H2,18,23)(H,22,24)/t15-/m1/s1. The van der Waals surface area contributed by atoms with E-state index >= 15 is 0 Å². The third-order valence-electron chi connectivity index (χ3n) is 3.48. The lowest BCUT2D eigenvalue weighted by Crippen LogP contribution is -2.46. The molecule has 0 fully saturated rings. The van der Waals surface area contributed by atoms with Crippen molar-refractivity contribution in [3.05, 3.63) is 66.2 Å². The molecule has 2 amide bonds. The molecule has 0 unspecified atom stereocenters. The summed E-state index contributed by atoms with van der Waals surface area (Å²) in [5.74, 6) is -1.05. The molecular weight excluding hydrogens is 306 g/mol. The van der Waals surface area contributed by atoms with Crippen LogP contribution in [-0.2, 0) is 11.2 Å². The second-order valence-electron chi connectivity index (χ2n) is 5.22. The summed E-state index contributed by atoms with van der Waals surface area (Å²) in [6, 6.07) is 9.78. The van der Waals surface area contributed by atoms with Gasteiger partial charge in [0.15, 0.2) is 0 Å². The number of rotatable bonds is 5. The minimum Gasteiger partial charge on any atom is -0.368 e. The maximum Gasteiger partial charge on any atom is 0.253 e. The summed E-state index contributed by atoms with van der Waals surface area (Å²) < 4.78 is 0. The quantitative estimate of drug-likeness (QED) is 0.724. The number of fused-ring (bicyclic) bond motifs is 1. The monoisotopic (exact) mass is 321 g/mol. The van der Waals surface area contributed by atoms with E-state index in [2.05, 4.69) is 20.3 Å². The number of aromatic nitrogens is 3. The Kier molecular flexibility index (Phi) is 4.42. The van der Waals surface area contributed by atoms with Crippen LogP contribution in [0.25, 0.3) is 11.0 Å². The van der Waals surface area contributed by atoms with E-state index in [1.54, 1.807) is 24.5 Å². The Morgan fingerprint density at radius 3 is 2.58 bits per heavy atom. The molecule has 0 aliphatic carbocycles. The number of hydrogen-bond acceptors (Lipinski definition) is 5. The lowest BCUT2D eigenvalue weighted by molar-refractivity contribution is -0.119. The predicted molar refractivity (Wildman–Crippen MR) is 87.9 cm³/mol. The zero-order valence-corrected chi connectivity index (χ0v) is 12.7. The number of primary amides is 1. The molecule has 2 heterocycles. The van der Waals surface area contributed by atoms with Crippen LogP contribution in [-0.4, -0.2) is 32.8 Å². The maximum atomic E-state index is 12.2. The highest BCUT2D eigenvalue weighted by molar-refractivity contribution is 5.97. The number of nitrogens with one attached hydrogen (secondary N) is 1. The molecule has 0 saturated carbocycles. The van der Waals surface area contributed by atoms with Gasteiger partial charge in [0.2, 0.25) is 5.91 Å². The fourth-order valence-corrected chi connectivity index (χ4v) is 2.26. The van der Waals surface area contributed by atoms with Crippen LogP contribution in [0.1, 0.15) is 16.1 Å². The van der Waals surface area contributed by atoms with Crippen LogP contribution < -0.4 is 11.1 Å². The van der Waals surface area contributed by atoms with Crippen molar-refractivity contribution in [2.45, 2.75) is 12.5 Å². The molecule has 24 heavy (non-hydrogen) atoms. The van der Waals surface area contributed by atoms with Crippen LogP contribution >= 0.6 is 0 Å². The molecule has 2 aromatic heterocycles. The summed E-state index contributed by atoms with van der Waals surface area (Å²) in [7, 11) is 0. The van der Waals surface area contributed by atoms with E-state index in [0.29, 0.717) is 11.3 Å². The van der Waals surface area contributed by atoms with Crippen LogP contribution in [0.3, 0.4) is 0 Å². The van der Waals surface area contributed by atoms with Crippen molar-refractivity contribution in [3.63, 3.8) is 0 Å². The Labute approximate surface area is 138 Å². The molecule has 0 radical (unpaired) electrons. The normalized spacial score (nSPS) is 11.8. The predicted octanol–water partition coefficient (Wildman–Crippen LogP) is 0.851. The van der Waals surface area contributed by atoms with E-state index in [1.165, 1.54) is 6.20 Å². The van der Waals surface area contributed by atoms with Crippen molar-refractivity contribution in [2.24, 2.45) is 5.73 Å². The van der Waals surface area contributed by atoms with Gasteiger partial charge in [-0.3, -0.25) is 19.6 Å². The first-order chi connectivity index (χ1) is 11.6. The van der Waals surface area contributed by atoms with Gasteiger partial charge in [-0.05, 0) is 24.3 Å². The van der Waals surface area contributed by atoms with Crippen LogP contribution in [0.4, 0.5) is 0 Å². The Bertz CT molecular complexity index is 882. The van der Waals surface area contributed by atoms with Crippen LogP contribution in [0, 0.1) is 0 Å². The van der Waals surface area contributed by atoms with Gasteiger partial charge in [-0.1, -0.05) is 12.1 Å². The van der Waals surface area contributed by atoms with Crippen molar-refractivity contribution in [3.8, 4) is 0 Å². The third kappa shape index (κ3) is 3.52. The molecule has 1 aromatic carbocycles. The summed E-state index contributed by atoms with van der Waals surface area (Å²) in [5.41, 5.74) is 7.81. The highest BCUT2D eigenvalue weighted by Gasteiger charge is 2.20. The summed E-state index contributed by atoms with van der Waals surface area (Å²) in [4.78, 5) is 36.5. The van der Waals surface area contributed by atoms with Gasteiger partial charge in [0.05, 0.1) is 22.3 Å². The van der Waals surface area contributed by atoms with Crippen LogP contribution in [0.15, 0.2) is 55.0 Å². The van der Waals surface area contributed by atoms with Crippen molar-refractivity contribution >= 4 is 22.8 Å². The Morgan fingerprint density at radius 1 is 1.08 bits per heavy atom. The van der Waals surface area contributed by atoms with E-state index in [9.17, 15) is 9.59 Å². The van der Waals surface area contributed by atoms with Crippen LogP contribution in [0.2, 0.25) is 0 Å². The number of benzene rings is 1. The summed E-state index contributed by atoms with van der Waals surface area (Å²) in [6.07, 6.45) is 4.73. The molecule has 120 valence electrons. The van der Waals surface area contributed by atoms with Gasteiger partial charge in [-0.15, -0.1) is 0 Å². The number of carbonyl (C=O) groups excluding carboxylic acids is 2. The van der Waals surface area contributed by atoms with E-state index in [4.69, 9.17) is 5.73 Å². The van der Waals surface area contributed by atoms with Gasteiger partial charge in [-0.2, -0.15) is 0 Å². The van der Waals surface area contributed by atoms with E-state index in [1.807, 2.05) is 24.3 Å². The maximum absolute atomic E-state index is 12.2. The van der Waals surface area contributed by atoms with Gasteiger partial charge in [0, 0.05) is 25.0 Å². The number of nitrogens with zero attached hydrogens (tertiary/aromatic N) is 3. The van der Waals surface area contributed by atoms with Gasteiger partial charge < -0.3 is 11.1 Å². The molecule has 3 rings (SSSR count). The lowest BCUT2D eigenvalue weighted by atomic mass is 10.1. The molecule has 0 saturated heterocycles. The number of carbonyl (C=O) groups is 2. The van der Waals surface area contributed by atoms with Crippen molar-refractivity contribution in [1.29, 1.82) is 0 Å². The summed E-state index contributed by atoms with van der Waals surface area (Å²) in [6.45, 7) is 0. The third-order valence-corrected chi connectivity index (χ3v) is 3.48. The molecule has 0 aliphatic heterocycles. The zero-order valence-electron chi connectivity index (χ0n) is 12.7. The second kappa shape index (κ2) is 6.82. The molecule has 1 atom stereocenters. The minimum atomic E-state index is -0.881. The van der Waals surface area contributed by atoms with Crippen molar-refractivity contribution < 1.29 is 9.59 Å². The zero-order chi connectivity index (χ0) is 16.9. The van der Waals surface area contributed by atoms with Gasteiger partial charge >= 0.3 is 0 Å². The second-order valence-corrected chi connectivity index (χ2v) is 5.22. The number of pyridine rings is 1. The number of amides is 2. The Balaban J connectivity index is 1.78. The number of nitrogens with two attached hydrogens (primary N) is 1. The summed E-state index contributed by atoms with van der Waals surface area (Å²) >= 11 is 0. The molecule has 3 aromatic rings. The lowest BCUT2D eigenvalue weighted by Gasteiger charge is -2.15. The van der Waals surface area contributed by atoms with Crippen LogP contribution in [0.5, 0.6) is 0 Å².